The van der Waals surface area contributed by atoms with Gasteiger partial charge in [-0.2, -0.15) is 0 Å². The van der Waals surface area contributed by atoms with Gasteiger partial charge in [0.2, 0.25) is 0 Å². The number of benzene rings is 2. The van der Waals surface area contributed by atoms with Crippen molar-refractivity contribution < 1.29 is 0 Å². The molecule has 1 heterocycles. The highest BCUT2D eigenvalue weighted by atomic mass is 35.5. The maximum Gasteiger partial charge on any atom is 0.192 e. The Balaban J connectivity index is 1.86. The lowest BCUT2D eigenvalue weighted by atomic mass is 9.87. The lowest BCUT2D eigenvalue weighted by molar-refractivity contribution is 0.590. The number of thioether (sulfide) groups is 1. The lowest BCUT2D eigenvalue weighted by Crippen LogP contribution is -2.10. The molecular formula is C22H23Cl2N3S. The molecule has 1 aromatic heterocycles. The van der Waals surface area contributed by atoms with E-state index in [0.29, 0.717) is 22.3 Å². The third kappa shape index (κ3) is 4.80. The van der Waals surface area contributed by atoms with Crippen LogP contribution in [0.1, 0.15) is 31.9 Å². The van der Waals surface area contributed by atoms with Crippen molar-refractivity contribution in [1.29, 1.82) is 0 Å². The van der Waals surface area contributed by atoms with Gasteiger partial charge in [0.25, 0.3) is 0 Å². The molecule has 146 valence electrons. The van der Waals surface area contributed by atoms with Crippen LogP contribution in [-0.2, 0) is 17.7 Å². The van der Waals surface area contributed by atoms with E-state index in [1.54, 1.807) is 17.8 Å². The van der Waals surface area contributed by atoms with Crippen molar-refractivity contribution in [2.24, 2.45) is 0 Å². The molecule has 0 bridgehead atoms. The molecule has 0 N–H and O–H groups in total. The summed E-state index contributed by atoms with van der Waals surface area (Å²) in [5.74, 6) is 1.53. The first-order valence-corrected chi connectivity index (χ1v) is 10.8. The second-order valence-corrected chi connectivity index (χ2v) is 9.34. The van der Waals surface area contributed by atoms with Gasteiger partial charge in [0.15, 0.2) is 11.0 Å². The number of hydrogen-bond acceptors (Lipinski definition) is 3. The highest BCUT2D eigenvalue weighted by molar-refractivity contribution is 7.98. The summed E-state index contributed by atoms with van der Waals surface area (Å²) in [4.78, 5) is 0. The molecule has 0 aliphatic carbocycles. The number of hydrogen-bond donors (Lipinski definition) is 0. The van der Waals surface area contributed by atoms with E-state index in [-0.39, 0.29) is 5.41 Å². The summed E-state index contributed by atoms with van der Waals surface area (Å²) in [5, 5.41) is 11.0. The fraction of sp³-hybridized carbons (Fsp3) is 0.273. The Morgan fingerprint density at radius 3 is 2.39 bits per heavy atom. The lowest BCUT2D eigenvalue weighted by Gasteiger charge is -2.19. The first-order valence-electron chi connectivity index (χ1n) is 9.01. The Bertz CT molecular complexity index is 972. The highest BCUT2D eigenvalue weighted by Crippen LogP contribution is 2.31. The summed E-state index contributed by atoms with van der Waals surface area (Å²) in [6.45, 7) is 11.1. The van der Waals surface area contributed by atoms with Crippen LogP contribution in [-0.4, -0.2) is 14.8 Å². The summed E-state index contributed by atoms with van der Waals surface area (Å²) >= 11 is 13.9. The number of nitrogens with zero attached hydrogens (tertiary/aromatic N) is 3. The number of halogens is 2. The summed E-state index contributed by atoms with van der Waals surface area (Å²) in [7, 11) is 0. The minimum absolute atomic E-state index is 0.117. The minimum Gasteiger partial charge on any atom is -0.298 e. The van der Waals surface area contributed by atoms with E-state index in [1.165, 1.54) is 5.56 Å². The number of rotatable bonds is 6. The highest BCUT2D eigenvalue weighted by Gasteiger charge is 2.17. The first-order chi connectivity index (χ1) is 13.3. The molecular weight excluding hydrogens is 409 g/mol. The normalized spacial score (nSPS) is 11.6. The quantitative estimate of drug-likeness (QED) is 0.310. The Kier molecular flexibility index (Phi) is 6.54. The molecule has 0 unspecified atom stereocenters. The monoisotopic (exact) mass is 431 g/mol. The van der Waals surface area contributed by atoms with Crippen molar-refractivity contribution in [1.82, 2.24) is 14.8 Å². The summed E-state index contributed by atoms with van der Waals surface area (Å²) < 4.78 is 2.08. The van der Waals surface area contributed by atoms with Crippen LogP contribution >= 0.6 is 35.0 Å². The molecule has 3 aromatic rings. The minimum atomic E-state index is 0.117. The van der Waals surface area contributed by atoms with Gasteiger partial charge in [-0.25, -0.2) is 0 Å². The maximum atomic E-state index is 6.29. The number of aromatic nitrogens is 3. The predicted octanol–water partition coefficient (Wildman–Crippen LogP) is 7.03. The first kappa shape index (κ1) is 21.0. The Morgan fingerprint density at radius 1 is 1.07 bits per heavy atom. The summed E-state index contributed by atoms with van der Waals surface area (Å²) in [6.07, 6.45) is 1.86. The van der Waals surface area contributed by atoms with Crippen LogP contribution in [0.4, 0.5) is 0 Å². The van der Waals surface area contributed by atoms with E-state index in [0.717, 1.165) is 22.1 Å². The van der Waals surface area contributed by atoms with Crippen molar-refractivity contribution in [2.45, 2.75) is 43.6 Å². The Labute approximate surface area is 180 Å². The smallest absolute Gasteiger partial charge is 0.192 e. The molecule has 3 nitrogen and oxygen atoms in total. The molecule has 0 spiro atoms. The van der Waals surface area contributed by atoms with Gasteiger partial charge in [-0.1, -0.05) is 92.1 Å². The predicted molar refractivity (Wildman–Crippen MR) is 120 cm³/mol. The Hall–Kier alpha value is -1.75. The van der Waals surface area contributed by atoms with E-state index in [2.05, 4.69) is 66.4 Å². The molecule has 0 amide bonds. The maximum absolute atomic E-state index is 6.29. The molecule has 3 rings (SSSR count). The standard InChI is InChI=1S/C22H23Cl2N3S/c1-5-12-27-20(15-6-9-17(10-7-15)22(2,3)4)25-26-21(27)28-14-16-8-11-18(23)13-19(16)24/h5-11,13H,1,12,14H2,2-4H3. The second kappa shape index (κ2) is 8.73. The second-order valence-electron chi connectivity index (χ2n) is 7.56. The third-order valence-corrected chi connectivity index (χ3v) is 6.01. The summed E-state index contributed by atoms with van der Waals surface area (Å²) in [5.41, 5.74) is 3.46. The molecule has 0 aliphatic rings. The van der Waals surface area contributed by atoms with Crippen molar-refractivity contribution in [3.8, 4) is 11.4 Å². The van der Waals surface area contributed by atoms with E-state index < -0.39 is 0 Å². The van der Waals surface area contributed by atoms with Crippen molar-refractivity contribution in [2.75, 3.05) is 0 Å². The average molecular weight is 432 g/mol. The zero-order valence-electron chi connectivity index (χ0n) is 16.2. The van der Waals surface area contributed by atoms with Gasteiger partial charge < -0.3 is 0 Å². The van der Waals surface area contributed by atoms with Gasteiger partial charge in [0.05, 0.1) is 0 Å². The van der Waals surface area contributed by atoms with Crippen LogP contribution in [0, 0.1) is 0 Å². The molecule has 6 heteroatoms. The van der Waals surface area contributed by atoms with Crippen LogP contribution < -0.4 is 0 Å². The van der Waals surface area contributed by atoms with E-state index >= 15 is 0 Å². The van der Waals surface area contributed by atoms with Gasteiger partial charge >= 0.3 is 0 Å². The molecule has 0 fully saturated rings. The SMILES string of the molecule is C=CCn1c(SCc2ccc(Cl)cc2Cl)nnc1-c1ccc(C(C)(C)C)cc1. The molecule has 0 saturated heterocycles. The van der Waals surface area contributed by atoms with Gasteiger partial charge in [-0.15, -0.1) is 16.8 Å². The van der Waals surface area contributed by atoms with E-state index in [1.807, 2.05) is 18.2 Å². The van der Waals surface area contributed by atoms with E-state index in [9.17, 15) is 0 Å². The summed E-state index contributed by atoms with van der Waals surface area (Å²) in [6, 6.07) is 14.1. The topological polar surface area (TPSA) is 30.7 Å². The molecule has 28 heavy (non-hydrogen) atoms. The van der Waals surface area contributed by atoms with Crippen LogP contribution in [0.15, 0.2) is 60.3 Å². The molecule has 0 saturated carbocycles. The molecule has 0 aliphatic heterocycles. The largest absolute Gasteiger partial charge is 0.298 e. The van der Waals surface area contributed by atoms with Crippen molar-refractivity contribution >= 4 is 35.0 Å². The average Bonchev–Trinajstić information content (AvgIpc) is 3.03. The van der Waals surface area contributed by atoms with Gasteiger partial charge in [-0.3, -0.25) is 4.57 Å². The Morgan fingerprint density at radius 2 is 1.79 bits per heavy atom. The van der Waals surface area contributed by atoms with Crippen LogP contribution in [0.5, 0.6) is 0 Å². The molecule has 0 radical (unpaired) electrons. The van der Waals surface area contributed by atoms with Crippen LogP contribution in [0.2, 0.25) is 10.0 Å². The van der Waals surface area contributed by atoms with Crippen molar-refractivity contribution in [3.63, 3.8) is 0 Å². The third-order valence-electron chi connectivity index (χ3n) is 4.41. The van der Waals surface area contributed by atoms with Crippen LogP contribution in [0.25, 0.3) is 11.4 Å². The molecule has 2 aromatic carbocycles. The zero-order chi connectivity index (χ0) is 20.3. The van der Waals surface area contributed by atoms with Crippen LogP contribution in [0.3, 0.4) is 0 Å². The molecule has 0 atom stereocenters. The fourth-order valence-electron chi connectivity index (χ4n) is 2.80. The van der Waals surface area contributed by atoms with Gasteiger partial charge in [0.1, 0.15) is 0 Å². The van der Waals surface area contributed by atoms with Crippen molar-refractivity contribution in [3.05, 3.63) is 76.3 Å². The fourth-order valence-corrected chi connectivity index (χ4v) is 4.31. The van der Waals surface area contributed by atoms with Gasteiger partial charge in [0, 0.05) is 27.9 Å². The van der Waals surface area contributed by atoms with E-state index in [4.69, 9.17) is 23.2 Å². The number of allylic oxidation sites excluding steroid dienone is 1. The zero-order valence-corrected chi connectivity index (χ0v) is 18.6. The van der Waals surface area contributed by atoms with Gasteiger partial charge in [-0.05, 0) is 28.7 Å².